The molecule has 17 heavy (non-hydrogen) atoms. The van der Waals surface area contributed by atoms with Gasteiger partial charge in [0.1, 0.15) is 0 Å². The van der Waals surface area contributed by atoms with E-state index >= 15 is 0 Å². The average Bonchev–Trinajstić information content (AvgIpc) is 2.37. The number of nitrogens with zero attached hydrogens (tertiary/aromatic N) is 1. The molecule has 1 aliphatic carbocycles. The normalized spacial score (nSPS) is 14.9. The lowest BCUT2D eigenvalue weighted by molar-refractivity contribution is 0.627. The summed E-state index contributed by atoms with van der Waals surface area (Å²) in [7, 11) is 0. The van der Waals surface area contributed by atoms with Gasteiger partial charge in [-0.2, -0.15) is 0 Å². The van der Waals surface area contributed by atoms with E-state index in [1.54, 1.807) is 5.57 Å². The Morgan fingerprint density at radius 2 is 2.18 bits per heavy atom. The third kappa shape index (κ3) is 5.33. The van der Waals surface area contributed by atoms with Crippen molar-refractivity contribution in [2.75, 3.05) is 6.54 Å². The molecule has 1 heterocycles. The Balaban J connectivity index is 0.00000144. The Labute approximate surface area is 110 Å². The van der Waals surface area contributed by atoms with Crippen LogP contribution in [0.5, 0.6) is 0 Å². The molecule has 0 aliphatic heterocycles. The summed E-state index contributed by atoms with van der Waals surface area (Å²) in [6.07, 6.45) is 10.8. The highest BCUT2D eigenvalue weighted by atomic mass is 35.5. The summed E-state index contributed by atoms with van der Waals surface area (Å²) in [4.78, 5) is 4.29. The highest BCUT2D eigenvalue weighted by Crippen LogP contribution is 2.19. The van der Waals surface area contributed by atoms with Crippen LogP contribution in [0.1, 0.15) is 37.8 Å². The minimum Gasteiger partial charge on any atom is -0.311 e. The summed E-state index contributed by atoms with van der Waals surface area (Å²) >= 11 is 0. The molecule has 0 saturated heterocycles. The maximum absolute atomic E-state index is 4.29. The summed E-state index contributed by atoms with van der Waals surface area (Å²) in [6.45, 7) is 1.95. The first-order chi connectivity index (χ1) is 7.95. The van der Waals surface area contributed by atoms with Gasteiger partial charge in [0.2, 0.25) is 0 Å². The van der Waals surface area contributed by atoms with Gasteiger partial charge in [-0.05, 0) is 50.8 Å². The molecular formula is C14H21ClN2. The Morgan fingerprint density at radius 3 is 2.88 bits per heavy atom. The Bertz CT molecular complexity index is 335. The predicted molar refractivity (Wildman–Crippen MR) is 74.4 cm³/mol. The van der Waals surface area contributed by atoms with Gasteiger partial charge in [0.05, 0.1) is 5.69 Å². The highest BCUT2D eigenvalue weighted by molar-refractivity contribution is 5.85. The molecule has 0 unspecified atom stereocenters. The lowest BCUT2D eigenvalue weighted by atomic mass is 9.97. The molecule has 0 radical (unpaired) electrons. The second kappa shape index (κ2) is 8.26. The van der Waals surface area contributed by atoms with Crippen molar-refractivity contribution in [1.29, 1.82) is 0 Å². The summed E-state index contributed by atoms with van der Waals surface area (Å²) in [5.74, 6) is 0. The zero-order valence-electron chi connectivity index (χ0n) is 10.2. The first kappa shape index (κ1) is 14.2. The monoisotopic (exact) mass is 252 g/mol. The highest BCUT2D eigenvalue weighted by Gasteiger charge is 2.02. The van der Waals surface area contributed by atoms with Crippen LogP contribution in [0.3, 0.4) is 0 Å². The Hall–Kier alpha value is -0.860. The van der Waals surface area contributed by atoms with Gasteiger partial charge in [-0.15, -0.1) is 12.4 Å². The van der Waals surface area contributed by atoms with Crippen LogP contribution in [-0.4, -0.2) is 11.5 Å². The minimum atomic E-state index is 0. The van der Waals surface area contributed by atoms with Crippen LogP contribution in [0.4, 0.5) is 0 Å². The van der Waals surface area contributed by atoms with Crippen molar-refractivity contribution in [3.05, 3.63) is 41.7 Å². The van der Waals surface area contributed by atoms with Gasteiger partial charge < -0.3 is 5.32 Å². The first-order valence-corrected chi connectivity index (χ1v) is 6.24. The van der Waals surface area contributed by atoms with Crippen molar-refractivity contribution in [2.45, 2.75) is 38.6 Å². The molecule has 1 N–H and O–H groups in total. The fraction of sp³-hybridized carbons (Fsp3) is 0.500. The molecule has 0 spiro atoms. The molecular weight excluding hydrogens is 232 g/mol. The summed E-state index contributed by atoms with van der Waals surface area (Å²) in [5, 5.41) is 3.45. The van der Waals surface area contributed by atoms with E-state index in [0.29, 0.717) is 0 Å². The molecule has 1 aromatic heterocycles. The smallest absolute Gasteiger partial charge is 0.0541 e. The number of allylic oxidation sites excluding steroid dienone is 1. The SMILES string of the molecule is C1=C(CCNCc2ccccn2)CCCC1.Cl. The molecule has 0 saturated carbocycles. The zero-order chi connectivity index (χ0) is 11.1. The first-order valence-electron chi connectivity index (χ1n) is 6.24. The summed E-state index contributed by atoms with van der Waals surface area (Å²) in [6, 6.07) is 6.05. The Kier molecular flexibility index (Phi) is 6.90. The van der Waals surface area contributed by atoms with Gasteiger partial charge >= 0.3 is 0 Å². The van der Waals surface area contributed by atoms with Gasteiger partial charge in [-0.1, -0.05) is 17.7 Å². The second-order valence-corrected chi connectivity index (χ2v) is 4.36. The molecule has 0 aromatic carbocycles. The third-order valence-corrected chi connectivity index (χ3v) is 3.04. The standard InChI is InChI=1S/C14H20N2.ClH/c1-2-6-13(7-3-1)9-11-15-12-14-8-4-5-10-16-14;/h4-6,8,10,15H,1-3,7,9,11-12H2;1H. The van der Waals surface area contributed by atoms with Crippen molar-refractivity contribution in [3.8, 4) is 0 Å². The van der Waals surface area contributed by atoms with Gasteiger partial charge in [0.25, 0.3) is 0 Å². The number of aromatic nitrogens is 1. The summed E-state index contributed by atoms with van der Waals surface area (Å²) < 4.78 is 0. The van der Waals surface area contributed by atoms with E-state index in [2.05, 4.69) is 22.4 Å². The molecule has 0 amide bonds. The second-order valence-electron chi connectivity index (χ2n) is 4.36. The molecule has 0 atom stereocenters. The fourth-order valence-electron chi connectivity index (χ4n) is 2.10. The van der Waals surface area contributed by atoms with Crippen molar-refractivity contribution < 1.29 is 0 Å². The van der Waals surface area contributed by atoms with Crippen LogP contribution in [-0.2, 0) is 6.54 Å². The lowest BCUT2D eigenvalue weighted by Gasteiger charge is -2.12. The zero-order valence-corrected chi connectivity index (χ0v) is 11.0. The molecule has 1 aromatic rings. The van der Waals surface area contributed by atoms with Crippen molar-refractivity contribution in [1.82, 2.24) is 10.3 Å². The van der Waals surface area contributed by atoms with Crippen molar-refractivity contribution >= 4 is 12.4 Å². The number of pyridine rings is 1. The molecule has 1 aliphatic rings. The molecule has 94 valence electrons. The van der Waals surface area contributed by atoms with Crippen LogP contribution in [0.25, 0.3) is 0 Å². The topological polar surface area (TPSA) is 24.9 Å². The van der Waals surface area contributed by atoms with Gasteiger partial charge in [0, 0.05) is 12.7 Å². The average molecular weight is 253 g/mol. The number of halogens is 1. The van der Waals surface area contributed by atoms with Crippen molar-refractivity contribution in [2.24, 2.45) is 0 Å². The van der Waals surface area contributed by atoms with Gasteiger partial charge in [0.15, 0.2) is 0 Å². The van der Waals surface area contributed by atoms with Crippen LogP contribution >= 0.6 is 12.4 Å². The number of nitrogens with one attached hydrogen (secondary N) is 1. The fourth-order valence-corrected chi connectivity index (χ4v) is 2.10. The Morgan fingerprint density at radius 1 is 1.24 bits per heavy atom. The van der Waals surface area contributed by atoms with Crippen LogP contribution < -0.4 is 5.32 Å². The number of rotatable bonds is 5. The molecule has 0 bridgehead atoms. The van der Waals surface area contributed by atoms with Gasteiger partial charge in [-0.3, -0.25) is 4.98 Å². The van der Waals surface area contributed by atoms with E-state index in [0.717, 1.165) is 18.8 Å². The van der Waals surface area contributed by atoms with Gasteiger partial charge in [-0.25, -0.2) is 0 Å². The molecule has 2 nitrogen and oxygen atoms in total. The quantitative estimate of drug-likeness (QED) is 0.641. The van der Waals surface area contributed by atoms with E-state index in [-0.39, 0.29) is 12.4 Å². The molecule has 0 fully saturated rings. The van der Waals surface area contributed by atoms with E-state index in [4.69, 9.17) is 0 Å². The largest absolute Gasteiger partial charge is 0.311 e. The van der Waals surface area contributed by atoms with E-state index in [9.17, 15) is 0 Å². The predicted octanol–water partition coefficient (Wildman–Crippen LogP) is 3.48. The maximum Gasteiger partial charge on any atom is 0.0541 e. The van der Waals surface area contributed by atoms with E-state index in [1.807, 2.05) is 18.3 Å². The number of hydrogen-bond donors (Lipinski definition) is 1. The van der Waals surface area contributed by atoms with E-state index in [1.165, 1.54) is 32.1 Å². The maximum atomic E-state index is 4.29. The van der Waals surface area contributed by atoms with E-state index < -0.39 is 0 Å². The lowest BCUT2D eigenvalue weighted by Crippen LogP contribution is -2.16. The minimum absolute atomic E-state index is 0. The molecule has 3 heteroatoms. The summed E-state index contributed by atoms with van der Waals surface area (Å²) in [5.41, 5.74) is 2.76. The van der Waals surface area contributed by atoms with Crippen LogP contribution in [0.2, 0.25) is 0 Å². The third-order valence-electron chi connectivity index (χ3n) is 3.04. The van der Waals surface area contributed by atoms with Crippen LogP contribution in [0.15, 0.2) is 36.0 Å². The molecule has 2 rings (SSSR count). The van der Waals surface area contributed by atoms with Crippen molar-refractivity contribution in [3.63, 3.8) is 0 Å². The van der Waals surface area contributed by atoms with Crippen LogP contribution in [0, 0.1) is 0 Å². The number of hydrogen-bond acceptors (Lipinski definition) is 2.